The van der Waals surface area contributed by atoms with Crippen LogP contribution in [0.4, 0.5) is 5.69 Å². The third kappa shape index (κ3) is 5.82. The van der Waals surface area contributed by atoms with Crippen LogP contribution in [0, 0.1) is 5.92 Å². The van der Waals surface area contributed by atoms with E-state index in [-0.39, 0.29) is 23.0 Å². The standard InChI is InChI=1S/C24H27N3O3S/c1-4-22(29)25-18-11-9-17(10-12-18)21(28)15-31-24-26-20-8-6-5-7-19(20)23(30)27(24)14-13-16(2)3/h5-12,16H,4,13-15H2,1-3H3,(H,25,29). The van der Waals surface area contributed by atoms with E-state index < -0.39 is 0 Å². The van der Waals surface area contributed by atoms with E-state index >= 15 is 0 Å². The first-order valence-electron chi connectivity index (χ1n) is 10.4. The number of thioether (sulfide) groups is 1. The summed E-state index contributed by atoms with van der Waals surface area (Å²) in [6, 6.07) is 14.1. The van der Waals surface area contributed by atoms with Gasteiger partial charge in [-0.25, -0.2) is 4.98 Å². The second-order valence-electron chi connectivity index (χ2n) is 7.74. The number of Topliss-reactive ketones (excluding diaryl/α,β-unsaturated/α-hetero) is 1. The summed E-state index contributed by atoms with van der Waals surface area (Å²) < 4.78 is 1.68. The Labute approximate surface area is 186 Å². The van der Waals surface area contributed by atoms with Gasteiger partial charge < -0.3 is 5.32 Å². The molecule has 0 radical (unpaired) electrons. The summed E-state index contributed by atoms with van der Waals surface area (Å²) in [4.78, 5) is 41.9. The zero-order chi connectivity index (χ0) is 22.4. The average molecular weight is 438 g/mol. The van der Waals surface area contributed by atoms with Crippen molar-refractivity contribution in [3.8, 4) is 0 Å². The van der Waals surface area contributed by atoms with Crippen LogP contribution in [0.25, 0.3) is 10.9 Å². The van der Waals surface area contributed by atoms with Gasteiger partial charge in [0.15, 0.2) is 10.9 Å². The molecule has 1 heterocycles. The van der Waals surface area contributed by atoms with E-state index in [1.807, 2.05) is 18.2 Å². The van der Waals surface area contributed by atoms with Crippen molar-refractivity contribution >= 4 is 40.0 Å². The van der Waals surface area contributed by atoms with Gasteiger partial charge in [-0.2, -0.15) is 0 Å². The molecule has 1 amide bonds. The Morgan fingerprint density at radius 2 is 1.81 bits per heavy atom. The van der Waals surface area contributed by atoms with Crippen molar-refractivity contribution in [3.63, 3.8) is 0 Å². The van der Waals surface area contributed by atoms with Crippen molar-refractivity contribution in [1.29, 1.82) is 0 Å². The Balaban J connectivity index is 1.79. The maximum Gasteiger partial charge on any atom is 0.262 e. The lowest BCUT2D eigenvalue weighted by atomic mass is 10.1. The molecule has 1 N–H and O–H groups in total. The molecule has 3 rings (SSSR count). The molecular formula is C24H27N3O3S. The Bertz CT molecular complexity index is 1140. The molecule has 0 saturated carbocycles. The molecule has 162 valence electrons. The fourth-order valence-electron chi connectivity index (χ4n) is 3.04. The molecule has 0 unspecified atom stereocenters. The van der Waals surface area contributed by atoms with E-state index in [4.69, 9.17) is 0 Å². The maximum absolute atomic E-state index is 13.0. The van der Waals surface area contributed by atoms with E-state index in [0.717, 1.165) is 6.42 Å². The second-order valence-corrected chi connectivity index (χ2v) is 8.68. The SMILES string of the molecule is CCC(=O)Nc1ccc(C(=O)CSc2nc3ccccc3c(=O)n2CCC(C)C)cc1. The summed E-state index contributed by atoms with van der Waals surface area (Å²) in [5, 5.41) is 3.92. The van der Waals surface area contributed by atoms with Crippen LogP contribution in [0.5, 0.6) is 0 Å². The molecule has 0 bridgehead atoms. The molecule has 7 heteroatoms. The van der Waals surface area contributed by atoms with E-state index in [2.05, 4.69) is 24.1 Å². The minimum atomic E-state index is -0.0728. The van der Waals surface area contributed by atoms with Crippen molar-refractivity contribution < 1.29 is 9.59 Å². The van der Waals surface area contributed by atoms with Crippen molar-refractivity contribution in [3.05, 3.63) is 64.4 Å². The molecule has 31 heavy (non-hydrogen) atoms. The number of fused-ring (bicyclic) bond motifs is 1. The molecule has 0 aliphatic heterocycles. The molecule has 1 aromatic heterocycles. The van der Waals surface area contributed by atoms with Crippen molar-refractivity contribution in [1.82, 2.24) is 9.55 Å². The molecular weight excluding hydrogens is 410 g/mol. The Morgan fingerprint density at radius 1 is 1.10 bits per heavy atom. The summed E-state index contributed by atoms with van der Waals surface area (Å²) in [6.07, 6.45) is 1.25. The molecule has 2 aromatic carbocycles. The van der Waals surface area contributed by atoms with Crippen LogP contribution in [0.2, 0.25) is 0 Å². The van der Waals surface area contributed by atoms with E-state index in [9.17, 15) is 14.4 Å². The predicted octanol–water partition coefficient (Wildman–Crippen LogP) is 4.77. The summed E-state index contributed by atoms with van der Waals surface area (Å²) in [7, 11) is 0. The zero-order valence-corrected chi connectivity index (χ0v) is 18.9. The fourth-order valence-corrected chi connectivity index (χ4v) is 3.96. The largest absolute Gasteiger partial charge is 0.326 e. The number of amides is 1. The number of hydrogen-bond donors (Lipinski definition) is 1. The highest BCUT2D eigenvalue weighted by molar-refractivity contribution is 7.99. The predicted molar refractivity (Wildman–Crippen MR) is 126 cm³/mol. The van der Waals surface area contributed by atoms with Gasteiger partial charge in [-0.3, -0.25) is 19.0 Å². The van der Waals surface area contributed by atoms with E-state index in [1.165, 1.54) is 11.8 Å². The Kier molecular flexibility index (Phi) is 7.63. The first-order chi connectivity index (χ1) is 14.9. The molecule has 0 aliphatic carbocycles. The monoisotopic (exact) mass is 437 g/mol. The van der Waals surface area contributed by atoms with Gasteiger partial charge in [0.1, 0.15) is 0 Å². The number of anilines is 1. The summed E-state index contributed by atoms with van der Waals surface area (Å²) in [5.74, 6) is 0.491. The lowest BCUT2D eigenvalue weighted by Gasteiger charge is -2.14. The average Bonchev–Trinajstić information content (AvgIpc) is 2.77. The number of carbonyl (C=O) groups excluding carboxylic acids is 2. The molecule has 0 atom stereocenters. The Hall–Kier alpha value is -2.93. The van der Waals surface area contributed by atoms with Crippen LogP contribution in [0.15, 0.2) is 58.5 Å². The number of nitrogens with zero attached hydrogens (tertiary/aromatic N) is 2. The molecule has 0 fully saturated rings. The Morgan fingerprint density at radius 3 is 2.48 bits per heavy atom. The third-order valence-electron chi connectivity index (χ3n) is 4.90. The van der Waals surface area contributed by atoms with E-state index in [0.29, 0.717) is 46.2 Å². The highest BCUT2D eigenvalue weighted by atomic mass is 32.2. The highest BCUT2D eigenvalue weighted by Gasteiger charge is 2.14. The van der Waals surface area contributed by atoms with Crippen LogP contribution >= 0.6 is 11.8 Å². The number of aromatic nitrogens is 2. The van der Waals surface area contributed by atoms with Crippen LogP contribution in [0.3, 0.4) is 0 Å². The minimum absolute atomic E-state index is 0.0591. The van der Waals surface area contributed by atoms with Gasteiger partial charge in [0.2, 0.25) is 5.91 Å². The summed E-state index contributed by atoms with van der Waals surface area (Å²) in [5.41, 5.74) is 1.78. The fraction of sp³-hybridized carbons (Fsp3) is 0.333. The lowest BCUT2D eigenvalue weighted by Crippen LogP contribution is -2.24. The number of para-hydroxylation sites is 1. The van der Waals surface area contributed by atoms with Gasteiger partial charge in [0, 0.05) is 24.2 Å². The molecule has 0 saturated heterocycles. The third-order valence-corrected chi connectivity index (χ3v) is 5.88. The van der Waals surface area contributed by atoms with Crippen molar-refractivity contribution in [2.45, 2.75) is 45.3 Å². The van der Waals surface area contributed by atoms with Crippen LogP contribution in [-0.2, 0) is 11.3 Å². The number of nitrogens with one attached hydrogen (secondary N) is 1. The van der Waals surface area contributed by atoms with Crippen LogP contribution in [0.1, 0.15) is 44.0 Å². The lowest BCUT2D eigenvalue weighted by molar-refractivity contribution is -0.115. The second kappa shape index (κ2) is 10.4. The first kappa shape index (κ1) is 22.7. The van der Waals surface area contributed by atoms with Crippen molar-refractivity contribution in [2.75, 3.05) is 11.1 Å². The number of hydrogen-bond acceptors (Lipinski definition) is 5. The van der Waals surface area contributed by atoms with Gasteiger partial charge in [-0.05, 0) is 48.7 Å². The number of rotatable bonds is 9. The normalized spacial score (nSPS) is 11.1. The van der Waals surface area contributed by atoms with Gasteiger partial charge in [0.25, 0.3) is 5.56 Å². The summed E-state index contributed by atoms with van der Waals surface area (Å²) in [6.45, 7) is 6.58. The van der Waals surface area contributed by atoms with Gasteiger partial charge in [-0.15, -0.1) is 0 Å². The smallest absolute Gasteiger partial charge is 0.262 e. The number of benzene rings is 2. The van der Waals surface area contributed by atoms with Crippen molar-refractivity contribution in [2.24, 2.45) is 5.92 Å². The quantitative estimate of drug-likeness (QED) is 0.296. The van der Waals surface area contributed by atoms with Crippen LogP contribution < -0.4 is 10.9 Å². The number of ketones is 1. The van der Waals surface area contributed by atoms with Gasteiger partial charge >= 0.3 is 0 Å². The minimum Gasteiger partial charge on any atom is -0.326 e. The van der Waals surface area contributed by atoms with E-state index in [1.54, 1.807) is 41.8 Å². The molecule has 0 spiro atoms. The first-order valence-corrected chi connectivity index (χ1v) is 11.4. The molecule has 6 nitrogen and oxygen atoms in total. The number of carbonyl (C=O) groups is 2. The highest BCUT2D eigenvalue weighted by Crippen LogP contribution is 2.21. The van der Waals surface area contributed by atoms with Crippen LogP contribution in [-0.4, -0.2) is 27.0 Å². The topological polar surface area (TPSA) is 81.1 Å². The van der Waals surface area contributed by atoms with Gasteiger partial charge in [-0.1, -0.05) is 44.7 Å². The molecule has 3 aromatic rings. The maximum atomic E-state index is 13.0. The molecule has 0 aliphatic rings. The zero-order valence-electron chi connectivity index (χ0n) is 18.1. The van der Waals surface area contributed by atoms with Gasteiger partial charge in [0.05, 0.1) is 16.7 Å². The summed E-state index contributed by atoms with van der Waals surface area (Å²) >= 11 is 1.28.